The van der Waals surface area contributed by atoms with Crippen molar-refractivity contribution < 1.29 is 4.79 Å². The van der Waals surface area contributed by atoms with E-state index in [9.17, 15) is 4.79 Å². The van der Waals surface area contributed by atoms with Crippen LogP contribution >= 0.6 is 11.3 Å². The molecule has 3 unspecified atom stereocenters. The van der Waals surface area contributed by atoms with Crippen molar-refractivity contribution in [1.82, 2.24) is 10.6 Å². The zero-order valence-corrected chi connectivity index (χ0v) is 12.2. The number of amides is 1. The molecule has 1 saturated carbocycles. The Morgan fingerprint density at radius 3 is 3.05 bits per heavy atom. The lowest BCUT2D eigenvalue weighted by Gasteiger charge is -2.24. The molecule has 3 nitrogen and oxygen atoms in total. The van der Waals surface area contributed by atoms with Gasteiger partial charge in [-0.3, -0.25) is 4.79 Å². The van der Waals surface area contributed by atoms with Crippen LogP contribution in [0.2, 0.25) is 0 Å². The van der Waals surface area contributed by atoms with Crippen molar-refractivity contribution in [1.29, 1.82) is 0 Å². The lowest BCUT2D eigenvalue weighted by atomic mass is 9.85. The van der Waals surface area contributed by atoms with Crippen molar-refractivity contribution in [3.05, 3.63) is 22.4 Å². The van der Waals surface area contributed by atoms with Gasteiger partial charge < -0.3 is 10.6 Å². The average Bonchev–Trinajstić information content (AvgIpc) is 3.07. The highest BCUT2D eigenvalue weighted by Crippen LogP contribution is 2.33. The Hall–Kier alpha value is -0.870. The largest absolute Gasteiger partial charge is 0.347 e. The fourth-order valence-corrected chi connectivity index (χ4v) is 4.18. The van der Waals surface area contributed by atoms with E-state index in [2.05, 4.69) is 29.0 Å². The van der Waals surface area contributed by atoms with Crippen molar-refractivity contribution in [3.8, 4) is 0 Å². The minimum absolute atomic E-state index is 0.0236. The standard InChI is InChI=1S/C15H22N2OS/c1-10(14-7-4-8-19-14)16-15(18)13-9-11-5-2-3-6-12(11)17-13/h4,7-8,10-13,17H,2-3,5-6,9H2,1H3,(H,16,18)/t10-,11?,12?,13?/m1/s1. The van der Waals surface area contributed by atoms with E-state index in [0.717, 1.165) is 12.3 Å². The molecule has 2 aliphatic rings. The van der Waals surface area contributed by atoms with E-state index in [1.807, 2.05) is 6.07 Å². The maximum atomic E-state index is 12.3. The predicted molar refractivity (Wildman–Crippen MR) is 78.2 cm³/mol. The van der Waals surface area contributed by atoms with Crippen molar-refractivity contribution in [2.75, 3.05) is 0 Å². The van der Waals surface area contributed by atoms with Gasteiger partial charge in [-0.2, -0.15) is 0 Å². The Balaban J connectivity index is 1.56. The van der Waals surface area contributed by atoms with Gasteiger partial charge >= 0.3 is 0 Å². The lowest BCUT2D eigenvalue weighted by Crippen LogP contribution is -2.43. The zero-order valence-electron chi connectivity index (χ0n) is 11.4. The monoisotopic (exact) mass is 278 g/mol. The van der Waals surface area contributed by atoms with E-state index in [-0.39, 0.29) is 18.0 Å². The van der Waals surface area contributed by atoms with E-state index in [0.29, 0.717) is 6.04 Å². The fraction of sp³-hybridized carbons (Fsp3) is 0.667. The number of rotatable bonds is 3. The van der Waals surface area contributed by atoms with E-state index in [4.69, 9.17) is 0 Å². The summed E-state index contributed by atoms with van der Waals surface area (Å²) in [7, 11) is 0. The molecule has 1 saturated heterocycles. The first-order valence-corrected chi connectivity index (χ1v) is 8.22. The summed E-state index contributed by atoms with van der Waals surface area (Å²) in [4.78, 5) is 13.6. The normalized spacial score (nSPS) is 31.7. The number of carbonyl (C=O) groups is 1. The van der Waals surface area contributed by atoms with Gasteiger partial charge in [-0.15, -0.1) is 11.3 Å². The minimum atomic E-state index is 0.0236. The van der Waals surface area contributed by atoms with Crippen molar-refractivity contribution in [3.63, 3.8) is 0 Å². The van der Waals surface area contributed by atoms with Crippen LogP contribution in [0.1, 0.15) is 49.9 Å². The highest BCUT2D eigenvalue weighted by molar-refractivity contribution is 7.10. The highest BCUT2D eigenvalue weighted by atomic mass is 32.1. The maximum absolute atomic E-state index is 12.3. The molecule has 1 amide bonds. The molecule has 1 aromatic rings. The Morgan fingerprint density at radius 2 is 2.32 bits per heavy atom. The van der Waals surface area contributed by atoms with Crippen LogP contribution < -0.4 is 10.6 Å². The molecule has 4 heteroatoms. The second-order valence-electron chi connectivity index (χ2n) is 5.85. The fourth-order valence-electron chi connectivity index (χ4n) is 3.44. The molecule has 2 fully saturated rings. The summed E-state index contributed by atoms with van der Waals surface area (Å²) >= 11 is 1.70. The molecule has 0 spiro atoms. The number of carbonyl (C=O) groups excluding carboxylic acids is 1. The van der Waals surface area contributed by atoms with Crippen LogP contribution in [-0.2, 0) is 4.79 Å². The van der Waals surface area contributed by atoms with Gasteiger partial charge in [0.1, 0.15) is 0 Å². The van der Waals surface area contributed by atoms with E-state index in [1.54, 1.807) is 11.3 Å². The summed E-state index contributed by atoms with van der Waals surface area (Å²) in [6.07, 6.45) is 6.21. The molecule has 3 rings (SSSR count). The molecule has 0 aromatic carbocycles. The first-order valence-electron chi connectivity index (χ1n) is 7.34. The van der Waals surface area contributed by atoms with Gasteiger partial charge in [0, 0.05) is 10.9 Å². The van der Waals surface area contributed by atoms with Gasteiger partial charge in [-0.25, -0.2) is 0 Å². The highest BCUT2D eigenvalue weighted by Gasteiger charge is 2.38. The van der Waals surface area contributed by atoms with Crippen LogP contribution in [0.4, 0.5) is 0 Å². The van der Waals surface area contributed by atoms with Crippen LogP contribution in [0.3, 0.4) is 0 Å². The molecular formula is C15H22N2OS. The molecule has 2 N–H and O–H groups in total. The molecule has 19 heavy (non-hydrogen) atoms. The van der Waals surface area contributed by atoms with Gasteiger partial charge in [0.25, 0.3) is 0 Å². The summed E-state index contributed by atoms with van der Waals surface area (Å²) in [5, 5.41) is 8.73. The number of hydrogen-bond acceptors (Lipinski definition) is 3. The Morgan fingerprint density at radius 1 is 1.47 bits per heavy atom. The summed E-state index contributed by atoms with van der Waals surface area (Å²) < 4.78 is 0. The van der Waals surface area contributed by atoms with Crippen LogP contribution in [0.15, 0.2) is 17.5 Å². The maximum Gasteiger partial charge on any atom is 0.237 e. The molecule has 2 heterocycles. The number of fused-ring (bicyclic) bond motifs is 1. The number of nitrogens with one attached hydrogen (secondary N) is 2. The van der Waals surface area contributed by atoms with Crippen LogP contribution in [-0.4, -0.2) is 18.0 Å². The first-order chi connectivity index (χ1) is 9.24. The second kappa shape index (κ2) is 5.63. The zero-order chi connectivity index (χ0) is 13.2. The van der Waals surface area contributed by atoms with Crippen LogP contribution in [0.5, 0.6) is 0 Å². The Kier molecular flexibility index (Phi) is 3.89. The molecular weight excluding hydrogens is 256 g/mol. The predicted octanol–water partition coefficient (Wildman–Crippen LogP) is 2.85. The van der Waals surface area contributed by atoms with Gasteiger partial charge in [0.15, 0.2) is 0 Å². The van der Waals surface area contributed by atoms with Gasteiger partial charge in [-0.1, -0.05) is 18.9 Å². The van der Waals surface area contributed by atoms with Gasteiger partial charge in [0.05, 0.1) is 12.1 Å². The summed E-state index contributed by atoms with van der Waals surface area (Å²) in [6.45, 7) is 2.06. The van der Waals surface area contributed by atoms with Crippen molar-refractivity contribution in [2.24, 2.45) is 5.92 Å². The van der Waals surface area contributed by atoms with Crippen LogP contribution in [0.25, 0.3) is 0 Å². The molecule has 104 valence electrons. The summed E-state index contributed by atoms with van der Waals surface area (Å²) in [5.74, 6) is 0.900. The number of hydrogen-bond donors (Lipinski definition) is 2. The van der Waals surface area contributed by atoms with Crippen molar-refractivity contribution in [2.45, 2.75) is 57.2 Å². The summed E-state index contributed by atoms with van der Waals surface area (Å²) in [5.41, 5.74) is 0. The minimum Gasteiger partial charge on any atom is -0.347 e. The quantitative estimate of drug-likeness (QED) is 0.892. The Bertz CT molecular complexity index is 417. The smallest absolute Gasteiger partial charge is 0.237 e. The third-order valence-corrected chi connectivity index (χ3v) is 5.56. The number of thiophene rings is 1. The third-order valence-electron chi connectivity index (χ3n) is 4.51. The summed E-state index contributed by atoms with van der Waals surface area (Å²) in [6, 6.07) is 4.84. The molecule has 0 bridgehead atoms. The van der Waals surface area contributed by atoms with E-state index < -0.39 is 0 Å². The molecule has 1 aliphatic heterocycles. The SMILES string of the molecule is C[C@@H](NC(=O)C1CC2CCCCC2N1)c1cccs1. The van der Waals surface area contributed by atoms with Crippen LogP contribution in [0, 0.1) is 5.92 Å². The molecule has 0 radical (unpaired) electrons. The third kappa shape index (κ3) is 2.84. The molecule has 1 aliphatic carbocycles. The molecule has 1 aromatic heterocycles. The van der Waals surface area contributed by atoms with E-state index >= 15 is 0 Å². The lowest BCUT2D eigenvalue weighted by molar-refractivity contribution is -0.123. The average molecular weight is 278 g/mol. The van der Waals surface area contributed by atoms with Crippen molar-refractivity contribution >= 4 is 17.2 Å². The van der Waals surface area contributed by atoms with Gasteiger partial charge in [-0.05, 0) is 43.6 Å². The van der Waals surface area contributed by atoms with E-state index in [1.165, 1.54) is 30.6 Å². The Labute approximate surface area is 118 Å². The topological polar surface area (TPSA) is 41.1 Å². The second-order valence-corrected chi connectivity index (χ2v) is 6.83. The van der Waals surface area contributed by atoms with Gasteiger partial charge in [0.2, 0.25) is 5.91 Å². The first kappa shape index (κ1) is 13.1. The molecule has 4 atom stereocenters.